The van der Waals surface area contributed by atoms with Gasteiger partial charge in [0, 0.05) is 62.1 Å². The zero-order valence-corrected chi connectivity index (χ0v) is 17.8. The maximum absolute atomic E-state index is 11.2. The van der Waals surface area contributed by atoms with Gasteiger partial charge in [-0.05, 0) is 31.7 Å². The third-order valence-electron chi connectivity index (χ3n) is 6.67. The number of hydrogen-bond acceptors (Lipinski definition) is 8. The van der Waals surface area contributed by atoms with E-state index < -0.39 is 6.09 Å². The summed E-state index contributed by atoms with van der Waals surface area (Å²) in [5, 5.41) is 17.3. The molecule has 3 saturated heterocycles. The molecule has 3 aliphatic heterocycles. The zero-order valence-electron chi connectivity index (χ0n) is 17.1. The van der Waals surface area contributed by atoms with E-state index in [4.69, 9.17) is 22.3 Å². The Balaban J connectivity index is 1.33. The number of fused-ring (bicyclic) bond motifs is 2. The van der Waals surface area contributed by atoms with Crippen LogP contribution in [0.3, 0.4) is 0 Å². The number of amides is 1. The van der Waals surface area contributed by atoms with Crippen molar-refractivity contribution in [3.05, 3.63) is 29.2 Å². The largest absolute Gasteiger partial charge is 0.465 e. The lowest BCUT2D eigenvalue weighted by molar-refractivity contribution is 0.131. The Morgan fingerprint density at radius 1 is 1.13 bits per heavy atom. The van der Waals surface area contributed by atoms with Gasteiger partial charge in [0.25, 0.3) is 0 Å². The summed E-state index contributed by atoms with van der Waals surface area (Å²) in [7, 11) is 0. The molecule has 5 heterocycles. The number of hydrogen-bond donors (Lipinski definition) is 2. The molecule has 164 valence electrons. The van der Waals surface area contributed by atoms with Crippen LogP contribution >= 0.6 is 11.6 Å². The normalized spacial score (nSPS) is 24.0. The molecule has 10 nitrogen and oxygen atoms in total. The number of carboxylic acid groups (broad SMARTS) is 1. The number of likely N-dealkylation sites (tertiary alicyclic amines) is 1. The number of halogens is 1. The number of piperidine rings is 1. The number of nitrogens with zero attached hydrogens (tertiary/aromatic N) is 7. The van der Waals surface area contributed by atoms with Gasteiger partial charge in [-0.3, -0.25) is 0 Å². The number of nitrogens with two attached hydrogens (primary N) is 1. The first-order valence-corrected chi connectivity index (χ1v) is 11.0. The third kappa shape index (κ3) is 3.80. The van der Waals surface area contributed by atoms with Crippen LogP contribution in [0.4, 0.5) is 22.2 Å². The molecule has 2 aromatic rings. The number of anilines is 3. The minimum Gasteiger partial charge on any atom is -0.465 e. The van der Waals surface area contributed by atoms with Crippen LogP contribution in [-0.2, 0) is 0 Å². The molecular formula is C20H25ClN8O2. The van der Waals surface area contributed by atoms with Crippen LogP contribution in [0.5, 0.6) is 0 Å². The lowest BCUT2D eigenvalue weighted by atomic mass is 9.93. The molecule has 3 aliphatic rings. The van der Waals surface area contributed by atoms with Gasteiger partial charge in [-0.15, -0.1) is 10.2 Å². The highest BCUT2D eigenvalue weighted by Crippen LogP contribution is 2.37. The fourth-order valence-corrected chi connectivity index (χ4v) is 5.27. The molecule has 0 radical (unpaired) electrons. The van der Waals surface area contributed by atoms with Crippen LogP contribution in [0.2, 0.25) is 5.15 Å². The van der Waals surface area contributed by atoms with Crippen LogP contribution in [0, 0.1) is 0 Å². The third-order valence-corrected chi connectivity index (χ3v) is 6.86. The highest BCUT2D eigenvalue weighted by Gasteiger charge is 2.42. The first-order chi connectivity index (χ1) is 15.0. The molecular weight excluding hydrogens is 420 g/mol. The summed E-state index contributed by atoms with van der Waals surface area (Å²) >= 11 is 6.04. The summed E-state index contributed by atoms with van der Waals surface area (Å²) in [5.41, 5.74) is 7.89. The Hall–Kier alpha value is -2.88. The lowest BCUT2D eigenvalue weighted by Gasteiger charge is -2.42. The minimum absolute atomic E-state index is 0.265. The molecule has 2 atom stereocenters. The molecule has 0 spiro atoms. The van der Waals surface area contributed by atoms with Crippen molar-refractivity contribution in [2.45, 2.75) is 43.7 Å². The maximum atomic E-state index is 11.2. The first kappa shape index (κ1) is 20.0. The SMILES string of the molecule is Nc1nnc(Cl)cc1N1C[C@H]2CC[C@@H](C1)N2c1nccc(C2CCN(C(=O)O)CC2)n1. The molecule has 5 rings (SSSR count). The Morgan fingerprint density at radius 2 is 1.84 bits per heavy atom. The van der Waals surface area contributed by atoms with E-state index in [2.05, 4.69) is 25.0 Å². The van der Waals surface area contributed by atoms with Gasteiger partial charge >= 0.3 is 6.09 Å². The molecule has 1 amide bonds. The van der Waals surface area contributed by atoms with Gasteiger partial charge in [0.2, 0.25) is 5.95 Å². The van der Waals surface area contributed by atoms with Crippen LogP contribution in [0.1, 0.15) is 37.3 Å². The molecule has 0 aliphatic carbocycles. The molecule has 0 saturated carbocycles. The van der Waals surface area contributed by atoms with E-state index in [1.807, 2.05) is 12.3 Å². The summed E-state index contributed by atoms with van der Waals surface area (Å²) in [6.45, 7) is 2.70. The van der Waals surface area contributed by atoms with Gasteiger partial charge in [-0.1, -0.05) is 11.6 Å². The van der Waals surface area contributed by atoms with E-state index in [-0.39, 0.29) is 18.0 Å². The second-order valence-corrected chi connectivity index (χ2v) is 8.85. The highest BCUT2D eigenvalue weighted by atomic mass is 35.5. The van der Waals surface area contributed by atoms with E-state index >= 15 is 0 Å². The molecule has 0 unspecified atom stereocenters. The Bertz CT molecular complexity index is 969. The average molecular weight is 445 g/mol. The number of nitrogen functional groups attached to an aromatic ring is 1. The van der Waals surface area contributed by atoms with Gasteiger partial charge in [0.05, 0.1) is 5.69 Å². The van der Waals surface area contributed by atoms with E-state index in [0.717, 1.165) is 56.1 Å². The molecule has 2 bridgehead atoms. The number of carbonyl (C=O) groups is 1. The predicted octanol–water partition coefficient (Wildman–Crippen LogP) is 2.22. The van der Waals surface area contributed by atoms with Crippen molar-refractivity contribution >= 4 is 35.1 Å². The monoisotopic (exact) mass is 444 g/mol. The summed E-state index contributed by atoms with van der Waals surface area (Å²) in [6.07, 6.45) is 4.70. The Labute approximate surface area is 185 Å². The van der Waals surface area contributed by atoms with Crippen LogP contribution < -0.4 is 15.5 Å². The maximum Gasteiger partial charge on any atom is 0.407 e. The van der Waals surface area contributed by atoms with Crippen molar-refractivity contribution in [3.63, 3.8) is 0 Å². The summed E-state index contributed by atoms with van der Waals surface area (Å²) < 4.78 is 0. The fourth-order valence-electron chi connectivity index (χ4n) is 5.13. The quantitative estimate of drug-likeness (QED) is 0.732. The van der Waals surface area contributed by atoms with Crippen LogP contribution in [0.25, 0.3) is 0 Å². The average Bonchev–Trinajstić information content (AvgIpc) is 3.05. The fraction of sp³-hybridized carbons (Fsp3) is 0.550. The number of rotatable bonds is 3. The number of piperazine rings is 1. The van der Waals surface area contributed by atoms with Gasteiger partial charge in [0.15, 0.2) is 11.0 Å². The second kappa shape index (κ2) is 7.99. The molecule has 31 heavy (non-hydrogen) atoms. The van der Waals surface area contributed by atoms with Crippen LogP contribution in [0.15, 0.2) is 18.3 Å². The van der Waals surface area contributed by atoms with E-state index in [0.29, 0.717) is 24.1 Å². The van der Waals surface area contributed by atoms with Crippen molar-refractivity contribution in [3.8, 4) is 0 Å². The minimum atomic E-state index is -0.845. The Kier molecular flexibility index (Phi) is 5.17. The lowest BCUT2D eigenvalue weighted by Crippen LogP contribution is -2.54. The standard InChI is InChI=1S/C20H25ClN8O2/c21-17-9-16(18(22)26-25-17)28-10-13-1-2-14(11-28)29(13)19-23-6-3-15(24-19)12-4-7-27(8-5-12)20(30)31/h3,6,9,12-14H,1-2,4-5,7-8,10-11H2,(H2,22,26)(H,30,31)/t13-,14+. The summed E-state index contributed by atoms with van der Waals surface area (Å²) in [4.78, 5) is 26.7. The van der Waals surface area contributed by atoms with E-state index in [9.17, 15) is 9.90 Å². The molecule has 0 aromatic carbocycles. The topological polar surface area (TPSA) is 125 Å². The number of aromatic nitrogens is 4. The van der Waals surface area contributed by atoms with Crippen molar-refractivity contribution in [2.24, 2.45) is 0 Å². The first-order valence-electron chi connectivity index (χ1n) is 10.6. The van der Waals surface area contributed by atoms with Crippen LogP contribution in [-0.4, -0.2) is 74.5 Å². The van der Waals surface area contributed by atoms with Crippen molar-refractivity contribution in [1.29, 1.82) is 0 Å². The zero-order chi connectivity index (χ0) is 21.5. The van der Waals surface area contributed by atoms with Gasteiger partial charge in [-0.2, -0.15) is 0 Å². The van der Waals surface area contributed by atoms with Gasteiger partial charge < -0.3 is 25.5 Å². The van der Waals surface area contributed by atoms with Crippen molar-refractivity contribution in [2.75, 3.05) is 41.7 Å². The Morgan fingerprint density at radius 3 is 2.52 bits per heavy atom. The van der Waals surface area contributed by atoms with E-state index in [1.54, 1.807) is 6.07 Å². The smallest absolute Gasteiger partial charge is 0.407 e. The highest BCUT2D eigenvalue weighted by molar-refractivity contribution is 6.29. The molecule has 3 fully saturated rings. The summed E-state index contributed by atoms with van der Waals surface area (Å²) in [6, 6.07) is 4.32. The predicted molar refractivity (Wildman–Crippen MR) is 117 cm³/mol. The molecule has 11 heteroatoms. The van der Waals surface area contributed by atoms with Gasteiger partial charge in [0.1, 0.15) is 0 Å². The molecule has 3 N–H and O–H groups in total. The summed E-state index contributed by atoms with van der Waals surface area (Å²) in [5.74, 6) is 1.42. The van der Waals surface area contributed by atoms with E-state index in [1.165, 1.54) is 4.90 Å². The van der Waals surface area contributed by atoms with Gasteiger partial charge in [-0.25, -0.2) is 14.8 Å². The molecule has 2 aromatic heterocycles. The van der Waals surface area contributed by atoms with Crippen molar-refractivity contribution < 1.29 is 9.90 Å². The van der Waals surface area contributed by atoms with Crippen molar-refractivity contribution in [1.82, 2.24) is 25.1 Å². The second-order valence-electron chi connectivity index (χ2n) is 8.46.